The minimum absolute atomic E-state index is 0. The Morgan fingerprint density at radius 2 is 0.652 bits per heavy atom. The van der Waals surface area contributed by atoms with E-state index in [1.54, 1.807) is 91.4 Å². The third-order valence-corrected chi connectivity index (χ3v) is 16.3. The van der Waals surface area contributed by atoms with Gasteiger partial charge in [-0.3, -0.25) is 28.8 Å². The number of nitrogens with two attached hydrogens (primary N) is 3. The van der Waals surface area contributed by atoms with Crippen molar-refractivity contribution in [1.29, 1.82) is 0 Å². The van der Waals surface area contributed by atoms with E-state index in [9.17, 15) is 28.8 Å². The number of amides is 6. The van der Waals surface area contributed by atoms with Gasteiger partial charge in [0.1, 0.15) is 18.1 Å². The molecule has 0 unspecified atom stereocenters. The fourth-order valence-electron chi connectivity index (χ4n) is 11.0. The van der Waals surface area contributed by atoms with Crippen LogP contribution in [0.2, 0.25) is 15.1 Å². The maximum atomic E-state index is 14.0. The highest BCUT2D eigenvalue weighted by atomic mass is 35.5. The van der Waals surface area contributed by atoms with Crippen molar-refractivity contribution in [3.63, 3.8) is 0 Å². The first kappa shape index (κ1) is 66.7. The van der Waals surface area contributed by atoms with Crippen molar-refractivity contribution < 1.29 is 28.8 Å². The summed E-state index contributed by atoms with van der Waals surface area (Å²) in [4.78, 5) is 92.2. The van der Waals surface area contributed by atoms with Gasteiger partial charge in [0.2, 0.25) is 35.4 Å². The summed E-state index contributed by atoms with van der Waals surface area (Å²) in [6, 6.07) is 36.1. The van der Waals surface area contributed by atoms with Crippen LogP contribution in [-0.4, -0.2) is 88.2 Å². The van der Waals surface area contributed by atoms with Crippen LogP contribution in [0.25, 0.3) is 32.7 Å². The molecule has 89 heavy (non-hydrogen) atoms. The number of aromatic nitrogens is 3. The van der Waals surface area contributed by atoms with Crippen molar-refractivity contribution in [1.82, 2.24) is 30.9 Å². The van der Waals surface area contributed by atoms with Crippen LogP contribution in [0.1, 0.15) is 97.1 Å². The Labute approximate surface area is 537 Å². The molecule has 0 spiro atoms. The molecule has 0 aliphatic carbocycles. The molecule has 22 heteroatoms. The van der Waals surface area contributed by atoms with Gasteiger partial charge in [0, 0.05) is 89.3 Å². The molecule has 0 saturated heterocycles. The van der Waals surface area contributed by atoms with E-state index in [2.05, 4.69) is 46.9 Å². The molecule has 18 nitrogen and oxygen atoms in total. The van der Waals surface area contributed by atoms with Crippen molar-refractivity contribution in [2.75, 3.05) is 35.6 Å². The summed E-state index contributed by atoms with van der Waals surface area (Å²) in [5.41, 5.74) is 26.3. The highest BCUT2D eigenvalue weighted by Crippen LogP contribution is 2.35. The zero-order chi connectivity index (χ0) is 62.1. The van der Waals surface area contributed by atoms with Gasteiger partial charge in [-0.2, -0.15) is 0 Å². The van der Waals surface area contributed by atoms with Crippen LogP contribution < -0.4 is 49.1 Å². The van der Waals surface area contributed by atoms with Crippen LogP contribution in [0.4, 0.5) is 17.1 Å². The van der Waals surface area contributed by atoms with Gasteiger partial charge < -0.3 is 64.1 Å². The van der Waals surface area contributed by atoms with Gasteiger partial charge in [-0.05, 0) is 184 Å². The van der Waals surface area contributed by atoms with E-state index in [0.717, 1.165) is 66.1 Å². The second-order valence-electron chi connectivity index (χ2n) is 22.0. The van der Waals surface area contributed by atoms with Crippen LogP contribution in [-0.2, 0) is 48.0 Å². The van der Waals surface area contributed by atoms with Gasteiger partial charge in [0.25, 0.3) is 0 Å². The number of H-pyrrole nitrogens is 3. The molecular formula is C67H74Cl4N12O6. The number of halogens is 4. The Kier molecular flexibility index (Phi) is 24.2. The van der Waals surface area contributed by atoms with E-state index in [1.807, 2.05) is 54.6 Å². The molecule has 0 aliphatic rings. The molecule has 0 fully saturated rings. The minimum atomic E-state index is -0.837. The number of fused-ring (bicyclic) bond motifs is 3. The maximum absolute atomic E-state index is 14.0. The number of anilines is 3. The first-order chi connectivity index (χ1) is 42.6. The van der Waals surface area contributed by atoms with Crippen LogP contribution in [0, 0.1) is 0 Å². The Bertz CT molecular complexity index is 3490. The number of unbranched alkanes of at least 4 members (excludes halogenated alkanes) is 3. The summed E-state index contributed by atoms with van der Waals surface area (Å²) < 4.78 is 0. The van der Waals surface area contributed by atoms with Crippen molar-refractivity contribution in [2.24, 2.45) is 17.2 Å². The van der Waals surface area contributed by atoms with E-state index in [1.165, 1.54) is 0 Å². The number of benzene rings is 6. The molecule has 6 amide bonds. The first-order valence-corrected chi connectivity index (χ1v) is 30.8. The molecule has 3 aromatic heterocycles. The predicted octanol–water partition coefficient (Wildman–Crippen LogP) is 11.1. The standard InChI is InChI=1S/C67H73Cl3N12O6.ClH/c68-46-16-25-52-43(37-74-58(52)34-46)31-61(83)80-55(7-1-4-28-71)65(86)77-49-19-10-40(11-20-49)64(41-12-21-50(22-13-41)78-66(87)56(8-2-5-29-72)81-62(84)32-44-38-75-59-35-47(69)17-26-53(44)59)42-14-23-51(24-15-42)79-67(88)57(9-3-6-30-73)82-63(85)33-45-39-76-60-36-48(70)18-27-54(45)60;/h10-27,34-39,55-57,64,74-76H,1-9,28-33,71-73H2,(H,77,86)(H,78,87)(H,79,88)(H,80,83)(H,81,84)(H,82,85);1H/t55-,56-,57-;/m1./s1. The second kappa shape index (κ2) is 32.3. The maximum Gasteiger partial charge on any atom is 0.246 e. The van der Waals surface area contributed by atoms with Crippen molar-refractivity contribution in [3.8, 4) is 0 Å². The normalized spacial score (nSPS) is 12.3. The second-order valence-corrected chi connectivity index (χ2v) is 23.3. The Hall–Kier alpha value is -8.20. The van der Waals surface area contributed by atoms with Crippen LogP contribution >= 0.6 is 47.2 Å². The number of aromatic amines is 3. The van der Waals surface area contributed by atoms with Gasteiger partial charge in [-0.25, -0.2) is 0 Å². The number of nitrogens with one attached hydrogen (secondary N) is 9. The van der Waals surface area contributed by atoms with Crippen molar-refractivity contribution in [3.05, 3.63) is 194 Å². The minimum Gasteiger partial charge on any atom is -0.361 e. The predicted molar refractivity (Wildman–Crippen MR) is 359 cm³/mol. The molecule has 9 aromatic rings. The van der Waals surface area contributed by atoms with Gasteiger partial charge in [0.05, 0.1) is 19.3 Å². The Balaban J connectivity index is 0.0000102. The summed E-state index contributed by atoms with van der Waals surface area (Å²) in [5, 5.41) is 22.2. The molecule has 0 bridgehead atoms. The summed E-state index contributed by atoms with van der Waals surface area (Å²) in [6.45, 7) is 1.33. The molecule has 9 rings (SSSR count). The lowest BCUT2D eigenvalue weighted by Crippen LogP contribution is -2.44. The van der Waals surface area contributed by atoms with E-state index < -0.39 is 24.0 Å². The highest BCUT2D eigenvalue weighted by Gasteiger charge is 2.26. The van der Waals surface area contributed by atoms with Crippen LogP contribution in [0.5, 0.6) is 0 Å². The lowest BCUT2D eigenvalue weighted by atomic mass is 9.85. The molecule has 0 radical (unpaired) electrons. The molecule has 3 atom stereocenters. The van der Waals surface area contributed by atoms with E-state index in [-0.39, 0.29) is 67.1 Å². The molecule has 3 heterocycles. The highest BCUT2D eigenvalue weighted by molar-refractivity contribution is 6.32. The molecule has 466 valence electrons. The zero-order valence-corrected chi connectivity index (χ0v) is 52.1. The third kappa shape index (κ3) is 18.2. The van der Waals surface area contributed by atoms with Gasteiger partial charge in [-0.1, -0.05) is 89.4 Å². The number of carbonyl (C=O) groups excluding carboxylic acids is 6. The molecule has 15 N–H and O–H groups in total. The summed E-state index contributed by atoms with van der Waals surface area (Å²) in [6.07, 6.45) is 10.5. The fourth-order valence-corrected chi connectivity index (χ4v) is 11.5. The average molecular weight is 1290 g/mol. The number of rotatable bonds is 30. The molecule has 0 saturated carbocycles. The van der Waals surface area contributed by atoms with Gasteiger partial charge in [0.15, 0.2) is 0 Å². The molecule has 0 aliphatic heterocycles. The quantitative estimate of drug-likeness (QED) is 0.0150. The van der Waals surface area contributed by atoms with E-state index >= 15 is 0 Å². The number of hydrogen-bond donors (Lipinski definition) is 12. The topological polar surface area (TPSA) is 300 Å². The molecular weight excluding hydrogens is 1210 g/mol. The van der Waals surface area contributed by atoms with Crippen LogP contribution in [0.3, 0.4) is 0 Å². The SMILES string of the molecule is Cl.NCCCC[C@@H](NC(=O)Cc1c[nH]c2cc(Cl)ccc12)C(=O)Nc1ccc(C(c2ccc(NC(=O)[C@@H](CCCCN)NC(=O)Cc3c[nH]c4cc(Cl)ccc34)cc2)c2ccc(NC(=O)[C@@H](CCCCN)NC(=O)Cc3c[nH]c4cc(Cl)ccc34)cc2)cc1. The van der Waals surface area contributed by atoms with Crippen molar-refractivity contribution >= 4 is 132 Å². The van der Waals surface area contributed by atoms with Gasteiger partial charge >= 0.3 is 0 Å². The van der Waals surface area contributed by atoms with E-state index in [4.69, 9.17) is 52.0 Å². The largest absolute Gasteiger partial charge is 0.361 e. The number of hydrogen-bond acceptors (Lipinski definition) is 9. The summed E-state index contributed by atoms with van der Waals surface area (Å²) in [5.74, 6) is -2.47. The third-order valence-electron chi connectivity index (χ3n) is 15.6. The monoisotopic (exact) mass is 1280 g/mol. The lowest BCUT2D eigenvalue weighted by molar-refractivity contribution is -0.126. The Morgan fingerprint density at radius 1 is 0.382 bits per heavy atom. The Morgan fingerprint density at radius 3 is 0.910 bits per heavy atom. The summed E-state index contributed by atoms with van der Waals surface area (Å²) >= 11 is 18.6. The van der Waals surface area contributed by atoms with Crippen LogP contribution in [0.15, 0.2) is 146 Å². The van der Waals surface area contributed by atoms with E-state index in [0.29, 0.717) is 110 Å². The fraction of sp³-hybridized carbons (Fsp3) is 0.284. The smallest absolute Gasteiger partial charge is 0.246 e. The van der Waals surface area contributed by atoms with Gasteiger partial charge in [-0.15, -0.1) is 12.4 Å². The average Bonchev–Trinajstić information content (AvgIpc) is 3.12. The van der Waals surface area contributed by atoms with Crippen molar-refractivity contribution in [2.45, 2.75) is 101 Å². The number of carbonyl (C=O) groups is 6. The first-order valence-electron chi connectivity index (χ1n) is 29.6. The molecule has 6 aromatic carbocycles. The zero-order valence-electron chi connectivity index (χ0n) is 49.0. The lowest BCUT2D eigenvalue weighted by Gasteiger charge is -2.22. The summed E-state index contributed by atoms with van der Waals surface area (Å²) in [7, 11) is 0.